The fourth-order valence-electron chi connectivity index (χ4n) is 8.78. The highest BCUT2D eigenvalue weighted by Crippen LogP contribution is 2.18. The molecule has 4 fully saturated rings. The first-order valence-electron chi connectivity index (χ1n) is 29.9. The molecule has 0 aromatic rings. The smallest absolute Gasteiger partial charge is 0.358 e. The summed E-state index contributed by atoms with van der Waals surface area (Å²) in [4.78, 5) is 238. The van der Waals surface area contributed by atoms with Crippen LogP contribution in [0.5, 0.6) is 0 Å². The molecule has 0 bridgehead atoms. The third-order valence-corrected chi connectivity index (χ3v) is 13.4. The van der Waals surface area contributed by atoms with Crippen molar-refractivity contribution in [1.29, 1.82) is 0 Å². The Hall–Kier alpha value is -8.94. The molecule has 0 spiro atoms. The standard InChI is InChI=1S/C55H78N10O27/c1-2-84-26-35(11-9-25-59-55(83)37(61-41(69)30-88-34-53(81)92-65-48(76)20-21-49(65)77)13-5-8-23-57-39(67)28-86-32-51(79)90-63-44(72)16-17-45(63)73)10-3-6-24-58-54(82)36(60-40(68)29-87-33-52(80)91-64-46(74)18-19-47(64)75)12-4-7-22-56-38(66)27-85-31-50(78)89-62-42(70)14-15-43(62)71/h35-37H,2-34H2,1H3,(H,56,66)(H,57,67)(H,58,82)(H,59,83)(H,60,68)(H,61,69). The average molecular weight is 1310 g/mol. The Morgan fingerprint density at radius 3 is 0.924 bits per heavy atom. The van der Waals surface area contributed by atoms with Gasteiger partial charge in [-0.1, -0.05) is 6.42 Å². The molecule has 4 aliphatic rings. The van der Waals surface area contributed by atoms with E-state index in [1.807, 2.05) is 6.92 Å². The molecule has 510 valence electrons. The molecule has 37 heteroatoms. The first-order valence-corrected chi connectivity index (χ1v) is 29.9. The van der Waals surface area contributed by atoms with E-state index in [-0.39, 0.29) is 109 Å². The van der Waals surface area contributed by atoms with Gasteiger partial charge in [0, 0.05) is 90.8 Å². The maximum atomic E-state index is 13.5. The summed E-state index contributed by atoms with van der Waals surface area (Å²) in [5.74, 6) is -13.9. The van der Waals surface area contributed by atoms with E-state index < -0.39 is 172 Å². The third kappa shape index (κ3) is 28.9. The molecular weight excluding hydrogens is 1230 g/mol. The average Bonchev–Trinajstić information content (AvgIpc) is 2.19. The topological polar surface area (TPSA) is 475 Å². The highest BCUT2D eigenvalue weighted by atomic mass is 16.8. The van der Waals surface area contributed by atoms with E-state index in [1.165, 1.54) is 0 Å². The molecule has 14 amide bonds. The van der Waals surface area contributed by atoms with Crippen LogP contribution in [0, 0.1) is 5.92 Å². The predicted octanol–water partition coefficient (Wildman–Crippen LogP) is -4.14. The Labute approximate surface area is 526 Å². The van der Waals surface area contributed by atoms with Crippen molar-refractivity contribution in [3.8, 4) is 0 Å². The Kier molecular flexibility index (Phi) is 34.0. The normalized spacial score (nSPS) is 15.7. The molecule has 0 radical (unpaired) electrons. The van der Waals surface area contributed by atoms with E-state index in [9.17, 15) is 86.3 Å². The second-order valence-corrected chi connectivity index (χ2v) is 20.8. The van der Waals surface area contributed by atoms with Crippen LogP contribution in [0.25, 0.3) is 0 Å². The van der Waals surface area contributed by atoms with Gasteiger partial charge in [0.2, 0.25) is 35.4 Å². The van der Waals surface area contributed by atoms with Crippen LogP contribution in [0.15, 0.2) is 0 Å². The van der Waals surface area contributed by atoms with Gasteiger partial charge in [-0.05, 0) is 77.0 Å². The summed E-state index contributed by atoms with van der Waals surface area (Å²) >= 11 is 0. The second-order valence-electron chi connectivity index (χ2n) is 20.8. The molecule has 4 aliphatic heterocycles. The van der Waals surface area contributed by atoms with Gasteiger partial charge in [-0.3, -0.25) is 67.1 Å². The third-order valence-electron chi connectivity index (χ3n) is 13.4. The largest absolute Gasteiger partial charge is 0.381 e. The molecule has 3 atom stereocenters. The summed E-state index contributed by atoms with van der Waals surface area (Å²) < 4.78 is 26.0. The molecule has 4 saturated heterocycles. The number of imide groups is 4. The molecule has 4 rings (SSSR count). The van der Waals surface area contributed by atoms with Crippen molar-refractivity contribution in [3.05, 3.63) is 0 Å². The number of rotatable bonds is 46. The first-order chi connectivity index (χ1) is 44.0. The second kappa shape index (κ2) is 41.4. The minimum atomic E-state index is -1.12. The monoisotopic (exact) mass is 1310 g/mol. The van der Waals surface area contributed by atoms with Gasteiger partial charge >= 0.3 is 23.9 Å². The molecule has 0 aromatic heterocycles. The minimum absolute atomic E-state index is 0.00666. The number of carbonyl (C=O) groups is 18. The first kappa shape index (κ1) is 75.5. The molecule has 92 heavy (non-hydrogen) atoms. The van der Waals surface area contributed by atoms with E-state index in [0.29, 0.717) is 78.4 Å². The molecule has 0 aromatic carbocycles. The Balaban J connectivity index is 1.21. The minimum Gasteiger partial charge on any atom is -0.381 e. The quantitative estimate of drug-likeness (QED) is 0.0249. The molecule has 4 heterocycles. The number of hydroxylamine groups is 8. The van der Waals surface area contributed by atoms with Crippen LogP contribution in [0.3, 0.4) is 0 Å². The number of hydrogen-bond acceptors (Lipinski definition) is 27. The number of nitrogens with zero attached hydrogens (tertiary/aromatic N) is 4. The highest BCUT2D eigenvalue weighted by Gasteiger charge is 2.36. The van der Waals surface area contributed by atoms with Gasteiger partial charge in [0.05, 0.1) is 0 Å². The lowest BCUT2D eigenvalue weighted by molar-refractivity contribution is -0.200. The van der Waals surface area contributed by atoms with Crippen molar-refractivity contribution in [2.75, 3.05) is 92.2 Å². The summed E-state index contributed by atoms with van der Waals surface area (Å²) in [5.41, 5.74) is 0. The van der Waals surface area contributed by atoms with Gasteiger partial charge in [-0.25, -0.2) is 19.2 Å². The number of ether oxygens (including phenoxy) is 5. The zero-order chi connectivity index (χ0) is 67.4. The van der Waals surface area contributed by atoms with Crippen LogP contribution >= 0.6 is 0 Å². The summed E-state index contributed by atoms with van der Waals surface area (Å²) in [6.45, 7) is -2.46. The van der Waals surface area contributed by atoms with Crippen LogP contribution in [-0.2, 0) is 129 Å². The van der Waals surface area contributed by atoms with E-state index in [2.05, 4.69) is 41.6 Å². The van der Waals surface area contributed by atoms with Gasteiger partial charge < -0.3 is 74.9 Å². The molecular formula is C55H78N10O27. The van der Waals surface area contributed by atoms with Gasteiger partial charge in [-0.15, -0.1) is 20.3 Å². The van der Waals surface area contributed by atoms with Gasteiger partial charge in [-0.2, -0.15) is 0 Å². The zero-order valence-corrected chi connectivity index (χ0v) is 50.9. The fraction of sp³-hybridized carbons (Fsp3) is 0.673. The maximum Gasteiger partial charge on any atom is 0.358 e. The van der Waals surface area contributed by atoms with E-state index >= 15 is 0 Å². The zero-order valence-electron chi connectivity index (χ0n) is 50.9. The fourth-order valence-corrected chi connectivity index (χ4v) is 8.78. The van der Waals surface area contributed by atoms with Crippen LogP contribution < -0.4 is 31.9 Å². The highest BCUT2D eigenvalue weighted by molar-refractivity contribution is 6.03. The van der Waals surface area contributed by atoms with E-state index in [0.717, 1.165) is 0 Å². The van der Waals surface area contributed by atoms with Crippen LogP contribution in [0.4, 0.5) is 0 Å². The lowest BCUT2D eigenvalue weighted by Gasteiger charge is -2.20. The molecule has 0 aliphatic carbocycles. The Bertz CT molecular complexity index is 2630. The van der Waals surface area contributed by atoms with E-state index in [4.69, 9.17) is 33.4 Å². The van der Waals surface area contributed by atoms with Crippen molar-refractivity contribution < 1.29 is 129 Å². The van der Waals surface area contributed by atoms with Gasteiger partial charge in [0.25, 0.3) is 47.3 Å². The Morgan fingerprint density at radius 1 is 0.337 bits per heavy atom. The number of carbonyl (C=O) groups excluding carboxylic acids is 18. The summed E-state index contributed by atoms with van der Waals surface area (Å²) in [7, 11) is 0. The predicted molar refractivity (Wildman–Crippen MR) is 299 cm³/mol. The summed E-state index contributed by atoms with van der Waals surface area (Å²) in [6, 6.07) is -2.24. The van der Waals surface area contributed by atoms with E-state index in [1.54, 1.807) is 0 Å². The maximum absolute atomic E-state index is 13.5. The number of nitrogens with one attached hydrogen (secondary N) is 6. The molecule has 0 saturated carbocycles. The number of hydrogen-bond donors (Lipinski definition) is 6. The SMILES string of the molecule is CCOCC(CCCCNC(=O)C(CCCCNC(=O)COCC(=O)ON1C(=O)CCC1=O)NC(=O)COCC(=O)ON1C(=O)CCC1=O)CCCNC(=O)C(CCCCNC(=O)COCC(=O)ON1C(=O)CCC1=O)NC(=O)COCC(=O)ON1C(=O)CCC1=O. The van der Waals surface area contributed by atoms with Crippen molar-refractivity contribution in [3.63, 3.8) is 0 Å². The lowest BCUT2D eigenvalue weighted by Crippen LogP contribution is -2.48. The van der Waals surface area contributed by atoms with Crippen molar-refractivity contribution in [2.24, 2.45) is 5.92 Å². The van der Waals surface area contributed by atoms with Crippen molar-refractivity contribution >= 4 is 107 Å². The number of amides is 14. The van der Waals surface area contributed by atoms with Gasteiger partial charge in [0.1, 0.15) is 64.9 Å². The summed E-state index contributed by atoms with van der Waals surface area (Å²) in [5, 5.41) is 17.2. The molecule has 6 N–H and O–H groups in total. The molecule has 37 nitrogen and oxygen atoms in total. The lowest BCUT2D eigenvalue weighted by atomic mass is 9.97. The van der Waals surface area contributed by atoms with Crippen molar-refractivity contribution in [2.45, 2.75) is 141 Å². The summed E-state index contributed by atoms with van der Waals surface area (Å²) in [6.07, 6.45) is 3.18. The Morgan fingerprint density at radius 2 is 0.609 bits per heavy atom. The van der Waals surface area contributed by atoms with Crippen LogP contribution in [-0.4, -0.2) is 231 Å². The molecule has 3 unspecified atom stereocenters. The van der Waals surface area contributed by atoms with Crippen LogP contribution in [0.1, 0.15) is 129 Å². The van der Waals surface area contributed by atoms with Gasteiger partial charge in [0.15, 0.2) is 0 Å². The van der Waals surface area contributed by atoms with Crippen LogP contribution in [0.2, 0.25) is 0 Å². The van der Waals surface area contributed by atoms with Crippen molar-refractivity contribution in [1.82, 2.24) is 52.2 Å². The number of unbranched alkanes of at least 4 members (excludes halogenated alkanes) is 3.